The summed E-state index contributed by atoms with van der Waals surface area (Å²) in [6.07, 6.45) is 2.91. The van der Waals surface area contributed by atoms with Gasteiger partial charge in [-0.05, 0) is 24.3 Å². The monoisotopic (exact) mass is 572 g/mol. The summed E-state index contributed by atoms with van der Waals surface area (Å²) in [5, 5.41) is 3.31. The molecule has 0 unspecified atom stereocenters. The summed E-state index contributed by atoms with van der Waals surface area (Å²) in [5.74, 6) is -0.173. The number of aromatic nitrogens is 1. The van der Waals surface area contributed by atoms with Gasteiger partial charge in [0.25, 0.3) is 11.8 Å². The standard InChI is InChI=1S/C27H32N4O8S/c1-29(2)40(34,35)31-17-19(20-8-6-7-9-22(20)31)14-21(27(33)30-10-12-39-13-11-30)28-26(32)18-15-23(36-3)25(38-5)24(16-18)37-4/h6-9,14-17H,10-13H2,1-5H3,(H,28,32)/b21-14-. The third kappa shape index (κ3) is 5.62. The molecule has 12 nitrogen and oxygen atoms in total. The third-order valence-corrected chi connectivity index (χ3v) is 8.14. The molecule has 1 aliphatic heterocycles. The smallest absolute Gasteiger partial charge is 0.307 e. The molecular weight excluding hydrogens is 540 g/mol. The number of morpholine rings is 1. The second-order valence-electron chi connectivity index (χ2n) is 9.02. The van der Waals surface area contributed by atoms with Crippen molar-refractivity contribution in [1.82, 2.24) is 18.5 Å². The van der Waals surface area contributed by atoms with Crippen molar-refractivity contribution in [1.29, 1.82) is 0 Å². The van der Waals surface area contributed by atoms with Crippen LogP contribution in [0.3, 0.4) is 0 Å². The predicted molar refractivity (Wildman–Crippen MR) is 149 cm³/mol. The van der Waals surface area contributed by atoms with E-state index >= 15 is 0 Å². The summed E-state index contributed by atoms with van der Waals surface area (Å²) in [5.41, 5.74) is 0.984. The van der Waals surface area contributed by atoms with Gasteiger partial charge in [0.1, 0.15) is 5.70 Å². The van der Waals surface area contributed by atoms with Crippen LogP contribution in [0.4, 0.5) is 0 Å². The van der Waals surface area contributed by atoms with E-state index in [1.54, 1.807) is 29.2 Å². The van der Waals surface area contributed by atoms with Crippen molar-refractivity contribution in [2.24, 2.45) is 0 Å². The quantitative estimate of drug-likeness (QED) is 0.386. The molecule has 2 amide bonds. The lowest BCUT2D eigenvalue weighted by molar-refractivity contribution is -0.131. The summed E-state index contributed by atoms with van der Waals surface area (Å²) in [6, 6.07) is 9.87. The average molecular weight is 573 g/mol. The molecule has 0 radical (unpaired) electrons. The number of methoxy groups -OCH3 is 3. The highest BCUT2D eigenvalue weighted by molar-refractivity contribution is 7.87. The number of ether oxygens (including phenoxy) is 4. The van der Waals surface area contributed by atoms with E-state index in [1.165, 1.54) is 59.8 Å². The maximum absolute atomic E-state index is 13.6. The molecule has 3 aromatic rings. The van der Waals surface area contributed by atoms with E-state index in [9.17, 15) is 18.0 Å². The first-order chi connectivity index (χ1) is 19.1. The Morgan fingerprint density at radius 2 is 1.62 bits per heavy atom. The minimum atomic E-state index is -3.87. The Balaban J connectivity index is 1.82. The molecule has 0 spiro atoms. The summed E-state index contributed by atoms with van der Waals surface area (Å²) < 4.78 is 49.8. The van der Waals surface area contributed by atoms with Crippen molar-refractivity contribution >= 4 is 39.0 Å². The molecule has 0 atom stereocenters. The molecule has 214 valence electrons. The van der Waals surface area contributed by atoms with Crippen LogP contribution in [0.1, 0.15) is 15.9 Å². The molecule has 0 aliphatic carbocycles. The van der Waals surface area contributed by atoms with Gasteiger partial charge >= 0.3 is 10.2 Å². The van der Waals surface area contributed by atoms with E-state index in [2.05, 4.69) is 5.32 Å². The Morgan fingerprint density at radius 3 is 2.20 bits per heavy atom. The first-order valence-electron chi connectivity index (χ1n) is 12.4. The van der Waals surface area contributed by atoms with Crippen molar-refractivity contribution in [2.45, 2.75) is 0 Å². The topological polar surface area (TPSA) is 129 Å². The van der Waals surface area contributed by atoms with Gasteiger partial charge in [-0.1, -0.05) is 18.2 Å². The van der Waals surface area contributed by atoms with E-state index in [4.69, 9.17) is 18.9 Å². The molecule has 1 fully saturated rings. The van der Waals surface area contributed by atoms with Crippen molar-refractivity contribution in [3.05, 3.63) is 59.4 Å². The molecule has 1 aliphatic rings. The lowest BCUT2D eigenvalue weighted by Crippen LogP contribution is -2.44. The highest BCUT2D eigenvalue weighted by Gasteiger charge is 2.26. The zero-order valence-electron chi connectivity index (χ0n) is 23.0. The molecule has 0 saturated carbocycles. The van der Waals surface area contributed by atoms with Crippen molar-refractivity contribution in [2.75, 3.05) is 61.7 Å². The number of benzene rings is 2. The number of hydrogen-bond donors (Lipinski definition) is 1. The summed E-state index contributed by atoms with van der Waals surface area (Å²) >= 11 is 0. The molecule has 2 aromatic carbocycles. The van der Waals surface area contributed by atoms with Gasteiger partial charge in [0.2, 0.25) is 5.75 Å². The molecule has 4 rings (SSSR count). The van der Waals surface area contributed by atoms with Gasteiger partial charge in [0, 0.05) is 49.9 Å². The lowest BCUT2D eigenvalue weighted by atomic mass is 10.1. The predicted octanol–water partition coefficient (Wildman–Crippen LogP) is 1.95. The Morgan fingerprint density at radius 1 is 1.00 bits per heavy atom. The Bertz CT molecular complexity index is 1530. The van der Waals surface area contributed by atoms with E-state index in [-0.39, 0.29) is 22.8 Å². The highest BCUT2D eigenvalue weighted by atomic mass is 32.2. The molecule has 40 heavy (non-hydrogen) atoms. The van der Waals surface area contributed by atoms with Gasteiger partial charge in [-0.25, -0.2) is 3.97 Å². The van der Waals surface area contributed by atoms with Gasteiger partial charge in [-0.3, -0.25) is 9.59 Å². The van der Waals surface area contributed by atoms with Crippen LogP contribution < -0.4 is 19.5 Å². The summed E-state index contributed by atoms with van der Waals surface area (Å²) in [4.78, 5) is 28.7. The first-order valence-corrected chi connectivity index (χ1v) is 13.7. The number of amides is 2. The second kappa shape index (κ2) is 12.0. The lowest BCUT2D eigenvalue weighted by Gasteiger charge is -2.28. The van der Waals surface area contributed by atoms with Gasteiger partial charge in [0.15, 0.2) is 11.5 Å². The van der Waals surface area contributed by atoms with Crippen molar-refractivity contribution < 1.29 is 37.0 Å². The van der Waals surface area contributed by atoms with Crippen LogP contribution in [0.15, 0.2) is 48.3 Å². The Hall–Kier alpha value is -4.07. The number of fused-ring (bicyclic) bond motifs is 1. The van der Waals surface area contributed by atoms with Gasteiger partial charge in [0.05, 0.1) is 40.1 Å². The zero-order chi connectivity index (χ0) is 29.0. The van der Waals surface area contributed by atoms with Crippen LogP contribution in [0, 0.1) is 0 Å². The highest BCUT2D eigenvalue weighted by Crippen LogP contribution is 2.38. The fourth-order valence-electron chi connectivity index (χ4n) is 4.31. The average Bonchev–Trinajstić information content (AvgIpc) is 3.34. The molecule has 13 heteroatoms. The normalized spacial score (nSPS) is 14.3. The van der Waals surface area contributed by atoms with Gasteiger partial charge in [-0.2, -0.15) is 12.7 Å². The number of para-hydroxylation sites is 1. The summed E-state index contributed by atoms with van der Waals surface area (Å²) in [6.45, 7) is 1.40. The first kappa shape index (κ1) is 28.9. The Kier molecular flexibility index (Phi) is 8.67. The number of hydrogen-bond acceptors (Lipinski definition) is 8. The maximum atomic E-state index is 13.6. The van der Waals surface area contributed by atoms with Crippen LogP contribution in [0.2, 0.25) is 0 Å². The summed E-state index contributed by atoms with van der Waals surface area (Å²) in [7, 11) is 3.33. The van der Waals surface area contributed by atoms with Crippen LogP contribution in [-0.2, 0) is 19.7 Å². The number of nitrogens with one attached hydrogen (secondary N) is 1. The van der Waals surface area contributed by atoms with Crippen molar-refractivity contribution in [3.63, 3.8) is 0 Å². The number of carbonyl (C=O) groups is 2. The minimum Gasteiger partial charge on any atom is -0.493 e. The fraction of sp³-hybridized carbons (Fsp3) is 0.333. The molecule has 2 heterocycles. The van der Waals surface area contributed by atoms with Crippen LogP contribution in [0.5, 0.6) is 17.2 Å². The number of rotatable bonds is 9. The molecular formula is C27H32N4O8S. The van der Waals surface area contributed by atoms with Gasteiger partial charge in [-0.15, -0.1) is 0 Å². The van der Waals surface area contributed by atoms with E-state index in [1.807, 2.05) is 0 Å². The van der Waals surface area contributed by atoms with Crippen LogP contribution >= 0.6 is 0 Å². The van der Waals surface area contributed by atoms with Gasteiger partial charge < -0.3 is 29.2 Å². The van der Waals surface area contributed by atoms with E-state index in [0.717, 1.165) is 8.28 Å². The third-order valence-electron chi connectivity index (χ3n) is 6.42. The molecule has 1 N–H and O–H groups in total. The molecule has 1 saturated heterocycles. The largest absolute Gasteiger partial charge is 0.493 e. The number of nitrogens with zero attached hydrogens (tertiary/aromatic N) is 3. The molecule has 1 aromatic heterocycles. The van der Waals surface area contributed by atoms with Crippen LogP contribution in [-0.4, -0.2) is 95.1 Å². The molecule has 0 bridgehead atoms. The second-order valence-corrected chi connectivity index (χ2v) is 11.0. The maximum Gasteiger partial charge on any atom is 0.307 e. The van der Waals surface area contributed by atoms with Crippen LogP contribution in [0.25, 0.3) is 17.0 Å². The zero-order valence-corrected chi connectivity index (χ0v) is 23.8. The van der Waals surface area contributed by atoms with E-state index < -0.39 is 22.0 Å². The van der Waals surface area contributed by atoms with Crippen molar-refractivity contribution in [3.8, 4) is 17.2 Å². The Labute approximate surface area is 232 Å². The van der Waals surface area contributed by atoms with E-state index in [0.29, 0.717) is 48.5 Å². The SMILES string of the molecule is COc1cc(C(=O)N/C(=C\c2cn(S(=O)(=O)N(C)C)c3ccccc23)C(=O)N2CCOCC2)cc(OC)c1OC. The number of carbonyl (C=O) groups excluding carboxylic acids is 2. The minimum absolute atomic E-state index is 0.0363. The fourth-order valence-corrected chi connectivity index (χ4v) is 5.31.